The van der Waals surface area contributed by atoms with Crippen LogP contribution in [-0.4, -0.2) is 16.5 Å². The van der Waals surface area contributed by atoms with Gasteiger partial charge in [-0.15, -0.1) is 0 Å². The number of pyridine rings is 1. The van der Waals surface area contributed by atoms with E-state index < -0.39 is 4.92 Å². The molecular formula is C14H12BrN3O3. The predicted octanol–water partition coefficient (Wildman–Crippen LogP) is 3.90. The lowest BCUT2D eigenvalue weighted by Crippen LogP contribution is -2.12. The molecule has 0 spiro atoms. The third-order valence-corrected chi connectivity index (χ3v) is 3.85. The number of halogens is 1. The molecule has 2 aromatic rings. The third-order valence-electron chi connectivity index (χ3n) is 3.28. The fraction of sp³-hybridized carbons (Fsp3) is 0.214. The second-order valence-corrected chi connectivity index (χ2v) is 5.50. The first kappa shape index (κ1) is 13.8. The summed E-state index contributed by atoms with van der Waals surface area (Å²) >= 11 is 3.26. The Morgan fingerprint density at radius 3 is 3.05 bits per heavy atom. The number of nitrogens with zero attached hydrogens (tertiary/aromatic N) is 2. The van der Waals surface area contributed by atoms with E-state index >= 15 is 0 Å². The minimum Gasteiger partial charge on any atom is -0.447 e. The number of aryl methyl sites for hydroxylation is 1. The molecule has 1 N–H and O–H groups in total. The number of ether oxygens (including phenoxy) is 1. The first-order chi connectivity index (χ1) is 10.2. The van der Waals surface area contributed by atoms with Gasteiger partial charge in [0.25, 0.3) is 0 Å². The fourth-order valence-corrected chi connectivity index (χ4v) is 2.72. The summed E-state index contributed by atoms with van der Waals surface area (Å²) in [6.07, 6.45) is 4.70. The number of anilines is 1. The molecule has 0 saturated carbocycles. The molecule has 0 amide bonds. The van der Waals surface area contributed by atoms with Crippen LogP contribution in [0.4, 0.5) is 11.4 Å². The summed E-state index contributed by atoms with van der Waals surface area (Å²) in [4.78, 5) is 14.4. The van der Waals surface area contributed by atoms with Gasteiger partial charge in [-0.3, -0.25) is 15.1 Å². The number of nitro groups is 1. The average molecular weight is 350 g/mol. The van der Waals surface area contributed by atoms with Crippen LogP contribution < -0.4 is 10.1 Å². The van der Waals surface area contributed by atoms with Gasteiger partial charge in [0.2, 0.25) is 5.75 Å². The van der Waals surface area contributed by atoms with Crippen LogP contribution >= 0.6 is 15.9 Å². The number of rotatable bonds is 3. The molecule has 7 heteroatoms. The zero-order valence-electron chi connectivity index (χ0n) is 11.0. The quantitative estimate of drug-likeness (QED) is 0.671. The van der Waals surface area contributed by atoms with Crippen LogP contribution in [0, 0.1) is 10.1 Å². The predicted molar refractivity (Wildman–Crippen MR) is 81.9 cm³/mol. The molecule has 0 bridgehead atoms. The van der Waals surface area contributed by atoms with E-state index in [1.807, 2.05) is 12.1 Å². The summed E-state index contributed by atoms with van der Waals surface area (Å²) in [5, 5.41) is 14.4. The van der Waals surface area contributed by atoms with Crippen molar-refractivity contribution in [2.24, 2.45) is 0 Å². The number of fused-ring (bicyclic) bond motifs is 1. The molecule has 1 aromatic carbocycles. The molecule has 0 fully saturated rings. The van der Waals surface area contributed by atoms with Crippen LogP contribution in [0.1, 0.15) is 12.0 Å². The normalized spacial score (nSPS) is 13.2. The second-order valence-electron chi connectivity index (χ2n) is 4.65. The Morgan fingerprint density at radius 1 is 1.38 bits per heavy atom. The number of para-hydroxylation sites is 1. The first-order valence-corrected chi connectivity index (χ1v) is 7.27. The molecule has 2 heterocycles. The molecule has 6 nitrogen and oxygen atoms in total. The lowest BCUT2D eigenvalue weighted by molar-refractivity contribution is -0.386. The lowest BCUT2D eigenvalue weighted by atomic mass is 10.0. The Kier molecular flexibility index (Phi) is 3.74. The Morgan fingerprint density at radius 2 is 2.24 bits per heavy atom. The summed E-state index contributed by atoms with van der Waals surface area (Å²) in [5.74, 6) is 0.748. The largest absolute Gasteiger partial charge is 0.447 e. The van der Waals surface area contributed by atoms with Crippen LogP contribution in [0.2, 0.25) is 0 Å². The van der Waals surface area contributed by atoms with Crippen LogP contribution in [-0.2, 0) is 6.42 Å². The first-order valence-electron chi connectivity index (χ1n) is 6.48. The van der Waals surface area contributed by atoms with Gasteiger partial charge in [0.1, 0.15) is 6.20 Å². The van der Waals surface area contributed by atoms with Crippen molar-refractivity contribution in [2.75, 3.05) is 11.9 Å². The van der Waals surface area contributed by atoms with Gasteiger partial charge < -0.3 is 10.1 Å². The molecule has 0 aliphatic carbocycles. The zero-order chi connectivity index (χ0) is 14.8. The molecule has 1 aromatic heterocycles. The van der Waals surface area contributed by atoms with E-state index in [4.69, 9.17) is 4.74 Å². The third kappa shape index (κ3) is 2.69. The number of hydrogen-bond acceptors (Lipinski definition) is 5. The maximum absolute atomic E-state index is 11.1. The van der Waals surface area contributed by atoms with Crippen molar-refractivity contribution in [3.8, 4) is 11.5 Å². The monoisotopic (exact) mass is 349 g/mol. The molecule has 0 saturated heterocycles. The van der Waals surface area contributed by atoms with Crippen molar-refractivity contribution >= 4 is 27.3 Å². The van der Waals surface area contributed by atoms with Gasteiger partial charge in [-0.05, 0) is 40.4 Å². The highest BCUT2D eigenvalue weighted by atomic mass is 79.9. The van der Waals surface area contributed by atoms with Gasteiger partial charge in [0, 0.05) is 12.7 Å². The van der Waals surface area contributed by atoms with E-state index in [1.165, 1.54) is 12.4 Å². The Bertz CT molecular complexity index is 706. The topological polar surface area (TPSA) is 77.3 Å². The molecular weight excluding hydrogens is 338 g/mol. The van der Waals surface area contributed by atoms with Gasteiger partial charge in [-0.2, -0.15) is 0 Å². The second kappa shape index (κ2) is 5.69. The molecule has 0 unspecified atom stereocenters. The number of benzene rings is 1. The Hall–Kier alpha value is -2.15. The van der Waals surface area contributed by atoms with E-state index in [1.54, 1.807) is 6.07 Å². The highest BCUT2D eigenvalue weighted by Crippen LogP contribution is 2.41. The molecule has 3 rings (SSSR count). The summed E-state index contributed by atoms with van der Waals surface area (Å²) in [5.41, 5.74) is 1.89. The number of aromatic nitrogens is 1. The summed E-state index contributed by atoms with van der Waals surface area (Å²) < 4.78 is 6.26. The van der Waals surface area contributed by atoms with Crippen LogP contribution in [0.5, 0.6) is 11.5 Å². The summed E-state index contributed by atoms with van der Waals surface area (Å²) in [6, 6.07) is 5.72. The van der Waals surface area contributed by atoms with E-state index in [9.17, 15) is 10.1 Å². The van der Waals surface area contributed by atoms with Crippen molar-refractivity contribution in [3.63, 3.8) is 0 Å². The Balaban J connectivity index is 2.04. The smallest absolute Gasteiger partial charge is 0.330 e. The van der Waals surface area contributed by atoms with Crippen LogP contribution in [0.15, 0.2) is 35.1 Å². The highest BCUT2D eigenvalue weighted by Gasteiger charge is 2.22. The summed E-state index contributed by atoms with van der Waals surface area (Å²) in [7, 11) is 0. The van der Waals surface area contributed by atoms with Crippen molar-refractivity contribution in [1.82, 2.24) is 4.98 Å². The Labute approximate surface area is 129 Å². The zero-order valence-corrected chi connectivity index (χ0v) is 12.6. The molecule has 0 atom stereocenters. The molecule has 0 radical (unpaired) electrons. The molecule has 21 heavy (non-hydrogen) atoms. The average Bonchev–Trinajstić information content (AvgIpc) is 2.49. The van der Waals surface area contributed by atoms with Crippen LogP contribution in [0.3, 0.4) is 0 Å². The molecule has 1 aliphatic heterocycles. The van der Waals surface area contributed by atoms with Crippen molar-refractivity contribution in [1.29, 1.82) is 0 Å². The maximum atomic E-state index is 11.1. The number of hydrogen-bond donors (Lipinski definition) is 1. The van der Waals surface area contributed by atoms with Gasteiger partial charge in [-0.1, -0.05) is 12.1 Å². The van der Waals surface area contributed by atoms with Gasteiger partial charge in [0.05, 0.1) is 15.1 Å². The van der Waals surface area contributed by atoms with Gasteiger partial charge in [-0.25, -0.2) is 0 Å². The van der Waals surface area contributed by atoms with Crippen molar-refractivity contribution in [2.45, 2.75) is 12.8 Å². The lowest BCUT2D eigenvalue weighted by Gasteiger charge is -2.21. The fourth-order valence-electron chi connectivity index (χ4n) is 2.32. The van der Waals surface area contributed by atoms with E-state index in [2.05, 4.69) is 26.2 Å². The van der Waals surface area contributed by atoms with Gasteiger partial charge >= 0.3 is 5.69 Å². The van der Waals surface area contributed by atoms with E-state index in [0.717, 1.165) is 30.6 Å². The SMILES string of the molecule is O=[N+]([O-])c1cncc(Br)c1Oc1cccc2c1NCCC2. The van der Waals surface area contributed by atoms with E-state index in [0.29, 0.717) is 10.2 Å². The number of nitrogens with one attached hydrogen (secondary N) is 1. The minimum absolute atomic E-state index is 0.163. The van der Waals surface area contributed by atoms with Crippen molar-refractivity contribution < 1.29 is 9.66 Å². The highest BCUT2D eigenvalue weighted by molar-refractivity contribution is 9.10. The molecule has 108 valence electrons. The van der Waals surface area contributed by atoms with Crippen LogP contribution in [0.25, 0.3) is 0 Å². The van der Waals surface area contributed by atoms with Gasteiger partial charge in [0.15, 0.2) is 5.75 Å². The van der Waals surface area contributed by atoms with E-state index in [-0.39, 0.29) is 11.4 Å². The summed E-state index contributed by atoms with van der Waals surface area (Å²) in [6.45, 7) is 0.868. The maximum Gasteiger partial charge on any atom is 0.330 e. The standard InChI is InChI=1S/C14H12BrN3O3/c15-10-7-16-8-11(18(19)20)14(10)21-12-5-1-3-9-4-2-6-17-13(9)12/h1,3,5,7-8,17H,2,4,6H2. The molecule has 1 aliphatic rings. The van der Waals surface area contributed by atoms with Crippen molar-refractivity contribution in [3.05, 3.63) is 50.7 Å². The minimum atomic E-state index is -0.504.